The number of ether oxygens (including phenoxy) is 2. The van der Waals surface area contributed by atoms with Crippen LogP contribution in [0.1, 0.15) is 61.3 Å². The maximum Gasteiger partial charge on any atom is 0.339 e. The second-order valence-corrected chi connectivity index (χ2v) is 7.55. The van der Waals surface area contributed by atoms with Gasteiger partial charge in [-0.25, -0.2) is 9.59 Å². The van der Waals surface area contributed by atoms with Gasteiger partial charge in [-0.15, -0.1) is 0 Å². The normalized spacial score (nSPS) is 11.3. The minimum absolute atomic E-state index is 0.00130. The molecule has 2 rings (SSSR count). The summed E-state index contributed by atoms with van der Waals surface area (Å²) in [5, 5.41) is 28.0. The Morgan fingerprint density at radius 2 is 1.39 bits per heavy atom. The third-order valence-corrected chi connectivity index (χ3v) is 4.89. The van der Waals surface area contributed by atoms with Gasteiger partial charge >= 0.3 is 11.9 Å². The molecule has 0 bridgehead atoms. The molecule has 16 nitrogen and oxygen atoms in total. The van der Waals surface area contributed by atoms with Gasteiger partial charge in [0.15, 0.2) is 0 Å². The Hall–Kier alpha value is -5.20. The average Bonchev–Trinajstić information content (AvgIpc) is 2.89. The third kappa shape index (κ3) is 9.11. The van der Waals surface area contributed by atoms with E-state index in [1.165, 1.54) is 18.2 Å². The molecule has 0 saturated heterocycles. The van der Waals surface area contributed by atoms with Crippen LogP contribution in [0, 0.1) is 20.2 Å². The Morgan fingerprint density at radius 3 is 1.89 bits per heavy atom. The first kappa shape index (κ1) is 30.8. The van der Waals surface area contributed by atoms with Gasteiger partial charge in [0.2, 0.25) is 0 Å². The number of carbonyl (C=O) groups excluding carboxylic acids is 2. The molecule has 0 aromatic heterocycles. The van der Waals surface area contributed by atoms with E-state index in [1.807, 2.05) is 13.8 Å². The lowest BCUT2D eigenvalue weighted by Gasteiger charge is -2.11. The Kier molecular flexibility index (Phi) is 12.2. The molecule has 2 unspecified atom stereocenters. The molecule has 0 amide bonds. The lowest BCUT2D eigenvalue weighted by atomic mass is 10.1. The number of azide groups is 2. The second-order valence-electron chi connectivity index (χ2n) is 7.55. The number of rotatable bonds is 10. The fourth-order valence-electron chi connectivity index (χ4n) is 2.53. The number of nitrogens with zero attached hydrogens (tertiary/aromatic N) is 8. The average molecular weight is 528 g/mol. The van der Waals surface area contributed by atoms with Crippen LogP contribution in [0.15, 0.2) is 46.6 Å². The predicted octanol–water partition coefficient (Wildman–Crippen LogP) is 6.98. The summed E-state index contributed by atoms with van der Waals surface area (Å²) < 4.78 is 10.1. The zero-order valence-corrected chi connectivity index (χ0v) is 20.9. The molecule has 0 aliphatic rings. The molecule has 0 saturated carbocycles. The van der Waals surface area contributed by atoms with Gasteiger partial charge in [-0.2, -0.15) is 0 Å². The van der Waals surface area contributed by atoms with Crippen LogP contribution in [-0.4, -0.2) is 34.0 Å². The highest BCUT2D eigenvalue weighted by Gasteiger charge is 2.20. The van der Waals surface area contributed by atoms with Gasteiger partial charge < -0.3 is 9.47 Å². The van der Waals surface area contributed by atoms with E-state index in [4.69, 9.17) is 20.5 Å². The number of nitro benzene ring substituents is 2. The second kappa shape index (κ2) is 15.0. The molecule has 0 heterocycles. The van der Waals surface area contributed by atoms with E-state index in [0.29, 0.717) is 12.8 Å². The van der Waals surface area contributed by atoms with Crippen molar-refractivity contribution in [2.45, 2.75) is 52.7 Å². The van der Waals surface area contributed by atoms with Crippen LogP contribution in [0.4, 0.5) is 22.7 Å². The molecule has 0 aliphatic carbocycles. The van der Waals surface area contributed by atoms with E-state index in [2.05, 4.69) is 20.1 Å². The number of esters is 2. The summed E-state index contributed by atoms with van der Waals surface area (Å²) in [5.41, 5.74) is 15.8. The topological polar surface area (TPSA) is 236 Å². The summed E-state index contributed by atoms with van der Waals surface area (Å²) in [7, 11) is 0. The quantitative estimate of drug-likeness (QED) is 0.0775. The fraction of sp³-hybridized carbons (Fsp3) is 0.364. The summed E-state index contributed by atoms with van der Waals surface area (Å²) in [6.45, 7) is 7.11. The van der Waals surface area contributed by atoms with Gasteiger partial charge in [-0.1, -0.05) is 24.1 Å². The smallest absolute Gasteiger partial charge is 0.339 e. The van der Waals surface area contributed by atoms with Gasteiger partial charge in [-0.05, 0) is 56.0 Å². The molecule has 0 fully saturated rings. The SMILES string of the molecule is CCC(C)OC(=O)c1cc([N+](=O)[O-])ccc1N=[N+]=[N-].CCC(C)OC(=O)c1ccc(N=[N+]=[N-])c([N+](=O)[O-])c1. The van der Waals surface area contributed by atoms with Gasteiger partial charge in [0.1, 0.15) is 5.69 Å². The van der Waals surface area contributed by atoms with Crippen molar-refractivity contribution in [3.05, 3.63) is 88.6 Å². The van der Waals surface area contributed by atoms with Gasteiger partial charge in [0.25, 0.3) is 11.4 Å². The molecular formula is C22H24N8O8. The number of nitro groups is 2. The minimum atomic E-state index is -0.750. The summed E-state index contributed by atoms with van der Waals surface area (Å²) in [4.78, 5) is 48.8. The zero-order valence-electron chi connectivity index (χ0n) is 20.9. The molecule has 16 heteroatoms. The van der Waals surface area contributed by atoms with E-state index in [-0.39, 0.29) is 40.4 Å². The van der Waals surface area contributed by atoms with E-state index < -0.39 is 27.5 Å². The van der Waals surface area contributed by atoms with E-state index in [9.17, 15) is 29.8 Å². The molecule has 2 aromatic carbocycles. The van der Waals surface area contributed by atoms with Crippen molar-refractivity contribution >= 4 is 34.7 Å². The third-order valence-electron chi connectivity index (χ3n) is 4.89. The van der Waals surface area contributed by atoms with Crippen molar-refractivity contribution in [3.63, 3.8) is 0 Å². The van der Waals surface area contributed by atoms with Crippen molar-refractivity contribution in [1.29, 1.82) is 0 Å². The Balaban J connectivity index is 0.000000380. The van der Waals surface area contributed by atoms with Gasteiger partial charge in [-0.3, -0.25) is 20.2 Å². The van der Waals surface area contributed by atoms with Crippen LogP contribution in [-0.2, 0) is 9.47 Å². The Morgan fingerprint density at radius 1 is 0.868 bits per heavy atom. The number of non-ortho nitro benzene ring substituents is 1. The summed E-state index contributed by atoms with van der Waals surface area (Å²) >= 11 is 0. The van der Waals surface area contributed by atoms with E-state index in [0.717, 1.165) is 18.2 Å². The molecule has 0 spiro atoms. The van der Waals surface area contributed by atoms with Gasteiger partial charge in [0.05, 0.1) is 38.9 Å². The number of benzene rings is 2. The summed E-state index contributed by atoms with van der Waals surface area (Å²) in [6, 6.07) is 6.98. The maximum absolute atomic E-state index is 11.9. The van der Waals surface area contributed by atoms with Crippen molar-refractivity contribution in [2.75, 3.05) is 0 Å². The maximum atomic E-state index is 11.9. The van der Waals surface area contributed by atoms with Crippen LogP contribution in [0.3, 0.4) is 0 Å². The van der Waals surface area contributed by atoms with Crippen molar-refractivity contribution < 1.29 is 28.9 Å². The van der Waals surface area contributed by atoms with Gasteiger partial charge in [0, 0.05) is 28.0 Å². The molecule has 0 N–H and O–H groups in total. The largest absolute Gasteiger partial charge is 0.459 e. The Labute approximate surface area is 215 Å². The first-order valence-corrected chi connectivity index (χ1v) is 11.1. The molecular weight excluding hydrogens is 504 g/mol. The number of carbonyl (C=O) groups is 2. The first-order valence-electron chi connectivity index (χ1n) is 11.1. The summed E-state index contributed by atoms with van der Waals surface area (Å²) in [6.07, 6.45) is 0.649. The first-order chi connectivity index (χ1) is 18.0. The van der Waals surface area contributed by atoms with Crippen LogP contribution >= 0.6 is 0 Å². The molecule has 0 radical (unpaired) electrons. The lowest BCUT2D eigenvalue weighted by Crippen LogP contribution is -2.14. The fourth-order valence-corrected chi connectivity index (χ4v) is 2.53. The molecule has 200 valence electrons. The zero-order chi connectivity index (χ0) is 28.8. The van der Waals surface area contributed by atoms with E-state index >= 15 is 0 Å². The van der Waals surface area contributed by atoms with E-state index in [1.54, 1.807) is 13.8 Å². The number of hydrogen-bond donors (Lipinski definition) is 0. The van der Waals surface area contributed by atoms with Crippen LogP contribution in [0.25, 0.3) is 20.9 Å². The highest BCUT2D eigenvalue weighted by atomic mass is 16.6. The highest BCUT2D eigenvalue weighted by molar-refractivity contribution is 5.95. The van der Waals surface area contributed by atoms with Crippen LogP contribution < -0.4 is 0 Å². The summed E-state index contributed by atoms with van der Waals surface area (Å²) in [5.74, 6) is -1.40. The molecule has 2 aromatic rings. The van der Waals surface area contributed by atoms with Crippen LogP contribution in [0.5, 0.6) is 0 Å². The van der Waals surface area contributed by atoms with Crippen LogP contribution in [0.2, 0.25) is 0 Å². The highest BCUT2D eigenvalue weighted by Crippen LogP contribution is 2.29. The lowest BCUT2D eigenvalue weighted by molar-refractivity contribution is -0.384. The Bertz CT molecular complexity index is 1300. The molecule has 0 aliphatic heterocycles. The van der Waals surface area contributed by atoms with Crippen molar-refractivity contribution in [2.24, 2.45) is 10.2 Å². The molecule has 38 heavy (non-hydrogen) atoms. The van der Waals surface area contributed by atoms with Crippen molar-refractivity contribution in [1.82, 2.24) is 0 Å². The standard InChI is InChI=1S/2C11H12N4O4/c1-3-7(2)19-11(16)9-6-8(15(17)18)4-5-10(9)13-14-12;1-3-7(2)19-11(16)8-4-5-9(13-14-12)10(6-8)15(17)18/h2*4-7H,3H2,1-2H3. The minimum Gasteiger partial charge on any atom is -0.459 e. The molecule has 2 atom stereocenters. The van der Waals surface area contributed by atoms with Crippen molar-refractivity contribution in [3.8, 4) is 0 Å². The predicted molar refractivity (Wildman–Crippen MR) is 134 cm³/mol. The monoisotopic (exact) mass is 528 g/mol. The number of hydrogen-bond acceptors (Lipinski definition) is 10.